The molecule has 0 aliphatic heterocycles. The van der Waals surface area contributed by atoms with E-state index < -0.39 is 0 Å². The molecule has 0 radical (unpaired) electrons. The summed E-state index contributed by atoms with van der Waals surface area (Å²) in [5.41, 5.74) is 0. The van der Waals surface area contributed by atoms with E-state index in [1.54, 1.807) is 5.82 Å². The Balaban J connectivity index is 2.02. The zero-order valence-electron chi connectivity index (χ0n) is 20.4. The molecule has 0 spiro atoms. The van der Waals surface area contributed by atoms with Gasteiger partial charge in [0, 0.05) is 6.42 Å². The van der Waals surface area contributed by atoms with Crippen molar-refractivity contribution in [3.8, 4) is 0 Å². The van der Waals surface area contributed by atoms with Crippen LogP contribution in [-0.4, -0.2) is 4.57 Å². The van der Waals surface area contributed by atoms with E-state index >= 15 is 0 Å². The lowest BCUT2D eigenvalue weighted by molar-refractivity contribution is -0.704. The van der Waals surface area contributed by atoms with E-state index in [0.717, 1.165) is 6.54 Å². The van der Waals surface area contributed by atoms with E-state index in [0.29, 0.717) is 0 Å². The van der Waals surface area contributed by atoms with E-state index in [2.05, 4.69) is 42.3 Å². The Bertz CT molecular complexity index is 463. The Kier molecular flexibility index (Phi) is 17.4. The lowest BCUT2D eigenvalue weighted by Gasteiger charge is -2.05. The first kappa shape index (κ1) is 26.2. The SMILES string of the molecule is CCCCCCCCCCCCCCCCc1n(CC)cc[n+]1CCCCCC. The number of hydrogen-bond acceptors (Lipinski definition) is 0. The summed E-state index contributed by atoms with van der Waals surface area (Å²) in [6.07, 6.45) is 31.4. The van der Waals surface area contributed by atoms with Crippen LogP contribution in [-0.2, 0) is 19.5 Å². The number of unbranched alkanes of at least 4 members (excludes halogenated alkanes) is 16. The van der Waals surface area contributed by atoms with Crippen LogP contribution in [0.15, 0.2) is 12.4 Å². The molecule has 0 N–H and O–H groups in total. The second-order valence-corrected chi connectivity index (χ2v) is 9.10. The predicted molar refractivity (Wildman–Crippen MR) is 128 cm³/mol. The molecule has 0 atom stereocenters. The van der Waals surface area contributed by atoms with Gasteiger partial charge in [0.25, 0.3) is 5.82 Å². The van der Waals surface area contributed by atoms with Gasteiger partial charge in [0.2, 0.25) is 0 Å². The summed E-state index contributed by atoms with van der Waals surface area (Å²) in [6, 6.07) is 0. The molecule has 29 heavy (non-hydrogen) atoms. The maximum atomic E-state index is 2.53. The van der Waals surface area contributed by atoms with Gasteiger partial charge in [-0.1, -0.05) is 110 Å². The second-order valence-electron chi connectivity index (χ2n) is 9.10. The zero-order valence-corrected chi connectivity index (χ0v) is 20.4. The Morgan fingerprint density at radius 1 is 0.586 bits per heavy atom. The highest BCUT2D eigenvalue weighted by molar-refractivity contribution is 4.83. The smallest absolute Gasteiger partial charge is 0.235 e. The first-order valence-electron chi connectivity index (χ1n) is 13.4. The average molecular weight is 406 g/mol. The molecule has 1 heterocycles. The van der Waals surface area contributed by atoms with Crippen molar-refractivity contribution in [2.75, 3.05) is 0 Å². The Morgan fingerprint density at radius 2 is 1.03 bits per heavy atom. The second kappa shape index (κ2) is 19.2. The highest BCUT2D eigenvalue weighted by atomic mass is 15.1. The highest BCUT2D eigenvalue weighted by Crippen LogP contribution is 2.13. The van der Waals surface area contributed by atoms with E-state index in [4.69, 9.17) is 0 Å². The number of nitrogens with zero attached hydrogens (tertiary/aromatic N) is 2. The molecule has 0 saturated carbocycles. The molecule has 170 valence electrons. The van der Waals surface area contributed by atoms with Crippen molar-refractivity contribution >= 4 is 0 Å². The fourth-order valence-electron chi connectivity index (χ4n) is 4.46. The summed E-state index contributed by atoms with van der Waals surface area (Å²) < 4.78 is 4.99. The molecular weight excluding hydrogens is 352 g/mol. The van der Waals surface area contributed by atoms with Gasteiger partial charge < -0.3 is 0 Å². The standard InChI is InChI=1S/C27H53N2/c1-4-7-9-11-12-13-14-15-16-17-18-19-20-21-23-27-28(6-3)25-26-29(27)24-22-10-8-5-2/h25-26H,4-24H2,1-3H3/q+1. The summed E-state index contributed by atoms with van der Waals surface area (Å²) in [5.74, 6) is 1.56. The van der Waals surface area contributed by atoms with Gasteiger partial charge in [0.05, 0.1) is 13.1 Å². The zero-order chi connectivity index (χ0) is 21.0. The number of hydrogen-bond donors (Lipinski definition) is 0. The molecule has 2 nitrogen and oxygen atoms in total. The molecule has 1 rings (SSSR count). The van der Waals surface area contributed by atoms with Crippen molar-refractivity contribution in [2.45, 2.75) is 156 Å². The maximum Gasteiger partial charge on any atom is 0.256 e. The molecular formula is C27H53N2+. The van der Waals surface area contributed by atoms with Crippen LogP contribution in [0, 0.1) is 0 Å². The van der Waals surface area contributed by atoms with Crippen molar-refractivity contribution in [3.05, 3.63) is 18.2 Å². The summed E-state index contributed by atoms with van der Waals surface area (Å²) in [4.78, 5) is 0. The van der Waals surface area contributed by atoms with Crippen LogP contribution in [0.4, 0.5) is 0 Å². The van der Waals surface area contributed by atoms with Crippen molar-refractivity contribution in [1.82, 2.24) is 4.57 Å². The van der Waals surface area contributed by atoms with Gasteiger partial charge in [0.1, 0.15) is 12.4 Å². The lowest BCUT2D eigenvalue weighted by Crippen LogP contribution is -2.37. The molecule has 0 aromatic carbocycles. The summed E-state index contributed by atoms with van der Waals surface area (Å²) in [6.45, 7) is 9.18. The molecule has 0 aliphatic rings. The van der Waals surface area contributed by atoms with Crippen molar-refractivity contribution in [3.63, 3.8) is 0 Å². The Hall–Kier alpha value is -0.790. The molecule has 2 heteroatoms. The third-order valence-electron chi connectivity index (χ3n) is 6.44. The number of aromatic nitrogens is 2. The normalized spacial score (nSPS) is 11.4. The molecule has 0 unspecified atom stereocenters. The third-order valence-corrected chi connectivity index (χ3v) is 6.44. The third kappa shape index (κ3) is 13.2. The summed E-state index contributed by atoms with van der Waals surface area (Å²) >= 11 is 0. The molecule has 1 aromatic rings. The van der Waals surface area contributed by atoms with Crippen LogP contribution >= 0.6 is 0 Å². The van der Waals surface area contributed by atoms with Crippen LogP contribution in [0.2, 0.25) is 0 Å². The molecule has 0 fully saturated rings. The van der Waals surface area contributed by atoms with Gasteiger partial charge in [0.15, 0.2) is 0 Å². The first-order chi connectivity index (χ1) is 14.3. The van der Waals surface area contributed by atoms with E-state index in [1.807, 2.05) is 0 Å². The Labute approximate surface area is 183 Å². The van der Waals surface area contributed by atoms with Gasteiger partial charge in [-0.05, 0) is 26.2 Å². The van der Waals surface area contributed by atoms with Crippen LogP contribution in [0.3, 0.4) is 0 Å². The van der Waals surface area contributed by atoms with Gasteiger partial charge in [-0.3, -0.25) is 0 Å². The largest absolute Gasteiger partial charge is 0.256 e. The minimum absolute atomic E-state index is 1.11. The van der Waals surface area contributed by atoms with Crippen LogP contribution in [0.5, 0.6) is 0 Å². The molecule has 0 saturated heterocycles. The fraction of sp³-hybridized carbons (Fsp3) is 0.889. The van der Waals surface area contributed by atoms with Gasteiger partial charge >= 0.3 is 0 Å². The minimum atomic E-state index is 1.11. The lowest BCUT2D eigenvalue weighted by atomic mass is 10.0. The number of aryl methyl sites for hydroxylation is 2. The average Bonchev–Trinajstić information content (AvgIpc) is 3.13. The van der Waals surface area contributed by atoms with Crippen molar-refractivity contribution in [2.24, 2.45) is 0 Å². The minimum Gasteiger partial charge on any atom is -0.235 e. The number of imidazole rings is 1. The Morgan fingerprint density at radius 3 is 1.52 bits per heavy atom. The van der Waals surface area contributed by atoms with Crippen LogP contribution < -0.4 is 4.57 Å². The quantitative estimate of drug-likeness (QED) is 0.143. The predicted octanol–water partition coefficient (Wildman–Crippen LogP) is 8.40. The highest BCUT2D eigenvalue weighted by Gasteiger charge is 2.15. The maximum absolute atomic E-state index is 2.53. The van der Waals surface area contributed by atoms with Gasteiger partial charge in [-0.25, -0.2) is 9.13 Å². The summed E-state index contributed by atoms with van der Waals surface area (Å²) in [7, 11) is 0. The molecule has 1 aromatic heterocycles. The summed E-state index contributed by atoms with van der Waals surface area (Å²) in [5, 5.41) is 0. The van der Waals surface area contributed by atoms with E-state index in [9.17, 15) is 0 Å². The molecule has 0 bridgehead atoms. The van der Waals surface area contributed by atoms with E-state index in [-0.39, 0.29) is 0 Å². The topological polar surface area (TPSA) is 8.81 Å². The van der Waals surface area contributed by atoms with Crippen LogP contribution in [0.1, 0.15) is 142 Å². The van der Waals surface area contributed by atoms with Crippen molar-refractivity contribution < 1.29 is 4.57 Å². The van der Waals surface area contributed by atoms with Crippen LogP contribution in [0.25, 0.3) is 0 Å². The fourth-order valence-corrected chi connectivity index (χ4v) is 4.46. The van der Waals surface area contributed by atoms with Gasteiger partial charge in [-0.2, -0.15) is 0 Å². The number of rotatable bonds is 21. The van der Waals surface area contributed by atoms with E-state index in [1.165, 1.54) is 129 Å². The monoisotopic (exact) mass is 405 g/mol. The van der Waals surface area contributed by atoms with Crippen molar-refractivity contribution in [1.29, 1.82) is 0 Å². The van der Waals surface area contributed by atoms with Gasteiger partial charge in [-0.15, -0.1) is 0 Å². The molecule has 0 amide bonds. The molecule has 0 aliphatic carbocycles. The first-order valence-corrected chi connectivity index (χ1v) is 13.4.